The van der Waals surface area contributed by atoms with Gasteiger partial charge in [-0.05, 0) is 19.5 Å². The molecule has 3 nitrogen and oxygen atoms in total. The van der Waals surface area contributed by atoms with Crippen molar-refractivity contribution in [2.45, 2.75) is 19.5 Å². The fourth-order valence-electron chi connectivity index (χ4n) is 1.56. The number of aryl methyl sites for hydroxylation is 1. The Kier molecular flexibility index (Phi) is 4.75. The minimum absolute atomic E-state index is 0.0151. The highest BCUT2D eigenvalue weighted by Crippen LogP contribution is 2.08. The van der Waals surface area contributed by atoms with Gasteiger partial charge >= 0.3 is 0 Å². The lowest BCUT2D eigenvalue weighted by atomic mass is 10.1. The first-order chi connectivity index (χ1) is 7.17. The number of hydrogen-bond acceptors (Lipinski definition) is 3. The van der Waals surface area contributed by atoms with Gasteiger partial charge in [0.1, 0.15) is 0 Å². The molecular weight excluding hydrogens is 190 g/mol. The van der Waals surface area contributed by atoms with Gasteiger partial charge in [-0.15, -0.1) is 0 Å². The zero-order chi connectivity index (χ0) is 11.3. The monoisotopic (exact) mass is 209 g/mol. The summed E-state index contributed by atoms with van der Waals surface area (Å²) in [5.41, 5.74) is 2.43. The fraction of sp³-hybridized carbons (Fsp3) is 0.500. The van der Waals surface area contributed by atoms with Crippen LogP contribution in [-0.4, -0.2) is 41.4 Å². The molecule has 0 heterocycles. The van der Waals surface area contributed by atoms with Crippen LogP contribution < -0.4 is 0 Å². The summed E-state index contributed by atoms with van der Waals surface area (Å²) in [5, 5.41) is 18.1. The molecule has 0 bridgehead atoms. The third-order valence-electron chi connectivity index (χ3n) is 2.56. The van der Waals surface area contributed by atoms with Gasteiger partial charge in [0.2, 0.25) is 0 Å². The standard InChI is InChI=1S/C12H19NO2/c1-10-4-3-5-11(6-10)7-13(2)12(8-14)9-15/h3-6,12,14-15H,7-9H2,1-2H3. The van der Waals surface area contributed by atoms with Crippen LogP contribution in [0.15, 0.2) is 24.3 Å². The van der Waals surface area contributed by atoms with E-state index in [-0.39, 0.29) is 19.3 Å². The van der Waals surface area contributed by atoms with Crippen LogP contribution in [0, 0.1) is 6.92 Å². The lowest BCUT2D eigenvalue weighted by Crippen LogP contribution is -2.37. The molecule has 1 rings (SSSR count). The van der Waals surface area contributed by atoms with Crippen molar-refractivity contribution in [1.29, 1.82) is 0 Å². The molecule has 3 heteroatoms. The van der Waals surface area contributed by atoms with E-state index in [1.54, 1.807) is 0 Å². The van der Waals surface area contributed by atoms with Crippen molar-refractivity contribution in [3.8, 4) is 0 Å². The maximum absolute atomic E-state index is 9.03. The second-order valence-corrected chi connectivity index (χ2v) is 3.92. The van der Waals surface area contributed by atoms with Gasteiger partial charge in [-0.2, -0.15) is 0 Å². The maximum atomic E-state index is 9.03. The number of likely N-dealkylation sites (N-methyl/N-ethyl adjacent to an activating group) is 1. The maximum Gasteiger partial charge on any atom is 0.0609 e. The van der Waals surface area contributed by atoms with E-state index >= 15 is 0 Å². The lowest BCUT2D eigenvalue weighted by Gasteiger charge is -2.24. The molecule has 15 heavy (non-hydrogen) atoms. The molecule has 0 aliphatic carbocycles. The Hall–Kier alpha value is -0.900. The molecule has 0 saturated heterocycles. The van der Waals surface area contributed by atoms with Crippen LogP contribution in [0.1, 0.15) is 11.1 Å². The zero-order valence-electron chi connectivity index (χ0n) is 9.35. The quantitative estimate of drug-likeness (QED) is 0.753. The van der Waals surface area contributed by atoms with Gasteiger partial charge in [-0.3, -0.25) is 4.90 Å². The Morgan fingerprint density at radius 3 is 2.47 bits per heavy atom. The highest BCUT2D eigenvalue weighted by Gasteiger charge is 2.12. The van der Waals surface area contributed by atoms with Crippen LogP contribution in [0.25, 0.3) is 0 Å². The van der Waals surface area contributed by atoms with E-state index in [4.69, 9.17) is 10.2 Å². The van der Waals surface area contributed by atoms with Gasteiger partial charge in [-0.1, -0.05) is 29.8 Å². The van der Waals surface area contributed by atoms with E-state index < -0.39 is 0 Å². The number of aliphatic hydroxyl groups is 2. The highest BCUT2D eigenvalue weighted by molar-refractivity contribution is 5.22. The van der Waals surface area contributed by atoms with Crippen LogP contribution in [-0.2, 0) is 6.54 Å². The number of rotatable bonds is 5. The number of aliphatic hydroxyl groups excluding tert-OH is 2. The molecule has 0 saturated carbocycles. The van der Waals surface area contributed by atoms with Gasteiger partial charge in [0.25, 0.3) is 0 Å². The van der Waals surface area contributed by atoms with Crippen LogP contribution >= 0.6 is 0 Å². The molecule has 1 aromatic carbocycles. The molecule has 0 amide bonds. The molecule has 0 aliphatic heterocycles. The van der Waals surface area contributed by atoms with E-state index in [0.717, 1.165) is 6.54 Å². The van der Waals surface area contributed by atoms with Crippen molar-refractivity contribution in [1.82, 2.24) is 4.90 Å². The third-order valence-corrected chi connectivity index (χ3v) is 2.56. The van der Waals surface area contributed by atoms with E-state index in [2.05, 4.69) is 25.1 Å². The van der Waals surface area contributed by atoms with E-state index in [1.165, 1.54) is 11.1 Å². The minimum Gasteiger partial charge on any atom is -0.395 e. The SMILES string of the molecule is Cc1cccc(CN(C)C(CO)CO)c1. The van der Waals surface area contributed by atoms with E-state index in [0.29, 0.717) is 0 Å². The summed E-state index contributed by atoms with van der Waals surface area (Å²) in [6.07, 6.45) is 0. The first-order valence-electron chi connectivity index (χ1n) is 5.15. The molecule has 0 aliphatic rings. The summed E-state index contributed by atoms with van der Waals surface area (Å²) in [5.74, 6) is 0. The van der Waals surface area contributed by atoms with Crippen molar-refractivity contribution < 1.29 is 10.2 Å². The predicted molar refractivity (Wildman–Crippen MR) is 60.6 cm³/mol. The minimum atomic E-state index is -0.175. The summed E-state index contributed by atoms with van der Waals surface area (Å²) >= 11 is 0. The molecule has 0 fully saturated rings. The molecule has 2 N–H and O–H groups in total. The summed E-state index contributed by atoms with van der Waals surface area (Å²) in [7, 11) is 1.90. The van der Waals surface area contributed by atoms with Crippen molar-refractivity contribution in [3.63, 3.8) is 0 Å². The van der Waals surface area contributed by atoms with Crippen LogP contribution in [0.3, 0.4) is 0 Å². The average molecular weight is 209 g/mol. The first kappa shape index (κ1) is 12.2. The second kappa shape index (κ2) is 5.85. The Morgan fingerprint density at radius 2 is 1.93 bits per heavy atom. The normalized spacial score (nSPS) is 11.3. The zero-order valence-corrected chi connectivity index (χ0v) is 9.35. The summed E-state index contributed by atoms with van der Waals surface area (Å²) in [4.78, 5) is 1.95. The predicted octanol–water partition coefficient (Wildman–Crippen LogP) is 0.780. The Morgan fingerprint density at radius 1 is 1.27 bits per heavy atom. The lowest BCUT2D eigenvalue weighted by molar-refractivity contribution is 0.0874. The third kappa shape index (κ3) is 3.63. The Labute approximate surface area is 91.0 Å². The van der Waals surface area contributed by atoms with Crippen LogP contribution in [0.2, 0.25) is 0 Å². The molecule has 84 valence electrons. The number of hydrogen-bond donors (Lipinski definition) is 2. The van der Waals surface area contributed by atoms with Crippen molar-refractivity contribution in [2.24, 2.45) is 0 Å². The second-order valence-electron chi connectivity index (χ2n) is 3.92. The van der Waals surface area contributed by atoms with E-state index in [9.17, 15) is 0 Å². The fourth-order valence-corrected chi connectivity index (χ4v) is 1.56. The van der Waals surface area contributed by atoms with E-state index in [1.807, 2.05) is 18.0 Å². The topological polar surface area (TPSA) is 43.7 Å². The molecule has 0 aromatic heterocycles. The summed E-state index contributed by atoms with van der Waals surface area (Å²) in [6.45, 7) is 2.77. The number of nitrogens with zero attached hydrogens (tertiary/aromatic N) is 1. The molecule has 0 unspecified atom stereocenters. The molecular formula is C12H19NO2. The van der Waals surface area contributed by atoms with Crippen LogP contribution in [0.4, 0.5) is 0 Å². The van der Waals surface area contributed by atoms with Crippen molar-refractivity contribution >= 4 is 0 Å². The van der Waals surface area contributed by atoms with Crippen molar-refractivity contribution in [3.05, 3.63) is 35.4 Å². The van der Waals surface area contributed by atoms with Gasteiger partial charge in [0, 0.05) is 6.54 Å². The molecule has 0 spiro atoms. The molecule has 0 radical (unpaired) electrons. The van der Waals surface area contributed by atoms with Gasteiger partial charge in [0.05, 0.1) is 19.3 Å². The average Bonchev–Trinajstić information content (AvgIpc) is 2.19. The number of benzene rings is 1. The summed E-state index contributed by atoms with van der Waals surface area (Å²) < 4.78 is 0. The van der Waals surface area contributed by atoms with Gasteiger partial charge in [-0.25, -0.2) is 0 Å². The van der Waals surface area contributed by atoms with Gasteiger partial charge < -0.3 is 10.2 Å². The Balaban J connectivity index is 2.61. The smallest absolute Gasteiger partial charge is 0.0609 e. The molecule has 1 aromatic rings. The highest BCUT2D eigenvalue weighted by atomic mass is 16.3. The van der Waals surface area contributed by atoms with Crippen LogP contribution in [0.5, 0.6) is 0 Å². The largest absolute Gasteiger partial charge is 0.395 e. The summed E-state index contributed by atoms with van der Waals surface area (Å²) in [6, 6.07) is 8.06. The van der Waals surface area contributed by atoms with Gasteiger partial charge in [0.15, 0.2) is 0 Å². The first-order valence-corrected chi connectivity index (χ1v) is 5.15. The van der Waals surface area contributed by atoms with Crippen molar-refractivity contribution in [2.75, 3.05) is 20.3 Å². The Bertz CT molecular complexity index is 297. The molecule has 0 atom stereocenters.